The molecule has 120 valence electrons. The maximum Gasteiger partial charge on any atom is 0.226 e. The van der Waals surface area contributed by atoms with Crippen LogP contribution in [-0.4, -0.2) is 16.9 Å². The van der Waals surface area contributed by atoms with Gasteiger partial charge in [-0.3, -0.25) is 4.79 Å². The third kappa shape index (κ3) is 5.09. The molecule has 1 atom stereocenters. The molecule has 4 nitrogen and oxygen atoms in total. The fraction of sp³-hybridized carbons (Fsp3) is 0.375. The topological polar surface area (TPSA) is 68.0 Å². The van der Waals surface area contributed by atoms with Gasteiger partial charge in [-0.1, -0.05) is 23.8 Å². The van der Waals surface area contributed by atoms with E-state index in [-0.39, 0.29) is 24.4 Å². The van der Waals surface area contributed by atoms with Crippen molar-refractivity contribution >= 4 is 34.8 Å². The number of carbonyl (C=O) groups is 1. The molecular formula is C16H22ClN3OS. The number of hydrogen-bond donors (Lipinski definition) is 2. The molecule has 0 fully saturated rings. The van der Waals surface area contributed by atoms with Gasteiger partial charge >= 0.3 is 0 Å². The van der Waals surface area contributed by atoms with E-state index in [0.29, 0.717) is 18.0 Å². The number of nitrogens with two attached hydrogens (primary N) is 1. The van der Waals surface area contributed by atoms with Crippen LogP contribution in [0.2, 0.25) is 0 Å². The van der Waals surface area contributed by atoms with Gasteiger partial charge in [-0.2, -0.15) is 0 Å². The van der Waals surface area contributed by atoms with Gasteiger partial charge in [-0.25, -0.2) is 4.98 Å². The maximum absolute atomic E-state index is 11.8. The normalized spacial score (nSPS) is 11.6. The number of nitrogens with zero attached hydrogens (tertiary/aromatic N) is 1. The molecule has 0 aliphatic carbocycles. The first kappa shape index (κ1) is 18.6. The van der Waals surface area contributed by atoms with Gasteiger partial charge in [-0.15, -0.1) is 23.7 Å². The van der Waals surface area contributed by atoms with Crippen molar-refractivity contribution in [2.45, 2.75) is 39.7 Å². The molecule has 3 N–H and O–H groups in total. The Bertz CT molecular complexity index is 640. The van der Waals surface area contributed by atoms with Gasteiger partial charge in [0.15, 0.2) is 5.13 Å². The number of anilines is 1. The van der Waals surface area contributed by atoms with Crippen molar-refractivity contribution < 1.29 is 4.79 Å². The molecule has 22 heavy (non-hydrogen) atoms. The Hall–Kier alpha value is -1.43. The van der Waals surface area contributed by atoms with Gasteiger partial charge in [0, 0.05) is 23.4 Å². The number of aryl methyl sites for hydroxylation is 2. The van der Waals surface area contributed by atoms with E-state index in [1.807, 2.05) is 12.3 Å². The summed E-state index contributed by atoms with van der Waals surface area (Å²) in [5, 5.41) is 5.44. The summed E-state index contributed by atoms with van der Waals surface area (Å²) in [6, 6.07) is 6.32. The first-order valence-electron chi connectivity index (χ1n) is 7.04. The van der Waals surface area contributed by atoms with Crippen LogP contribution in [0.1, 0.15) is 30.9 Å². The van der Waals surface area contributed by atoms with E-state index in [1.165, 1.54) is 22.5 Å². The van der Waals surface area contributed by atoms with Crippen molar-refractivity contribution in [2.24, 2.45) is 5.73 Å². The SMILES string of the molecule is Cc1ccc(-c2csc(NC(=O)CCC(C)N)n2)c(C)c1.Cl. The highest BCUT2D eigenvalue weighted by Gasteiger charge is 2.10. The van der Waals surface area contributed by atoms with Gasteiger partial charge in [-0.05, 0) is 32.8 Å². The van der Waals surface area contributed by atoms with Crippen molar-refractivity contribution in [2.75, 3.05) is 5.32 Å². The summed E-state index contributed by atoms with van der Waals surface area (Å²) in [6.07, 6.45) is 1.11. The van der Waals surface area contributed by atoms with Crippen molar-refractivity contribution in [3.05, 3.63) is 34.7 Å². The molecule has 6 heteroatoms. The van der Waals surface area contributed by atoms with E-state index in [4.69, 9.17) is 5.73 Å². The number of halogens is 1. The Balaban J connectivity index is 0.00000242. The van der Waals surface area contributed by atoms with Crippen LogP contribution >= 0.6 is 23.7 Å². The molecule has 1 unspecified atom stereocenters. The predicted octanol–water partition coefficient (Wildman–Crippen LogP) is 3.91. The minimum absolute atomic E-state index is 0. The summed E-state index contributed by atoms with van der Waals surface area (Å²) in [6.45, 7) is 6.04. The van der Waals surface area contributed by atoms with Crippen molar-refractivity contribution in [1.82, 2.24) is 4.98 Å². The largest absolute Gasteiger partial charge is 0.328 e. The van der Waals surface area contributed by atoms with Gasteiger partial charge in [0.1, 0.15) is 0 Å². The lowest BCUT2D eigenvalue weighted by atomic mass is 10.0. The number of thiazole rings is 1. The average molecular weight is 340 g/mol. The third-order valence-electron chi connectivity index (χ3n) is 3.24. The summed E-state index contributed by atoms with van der Waals surface area (Å²) < 4.78 is 0. The van der Waals surface area contributed by atoms with Gasteiger partial charge in [0.05, 0.1) is 5.69 Å². The second kappa shape index (κ2) is 8.27. The molecule has 0 saturated carbocycles. The highest BCUT2D eigenvalue weighted by Crippen LogP contribution is 2.28. The number of aromatic nitrogens is 1. The van der Waals surface area contributed by atoms with Gasteiger partial charge < -0.3 is 11.1 Å². The lowest BCUT2D eigenvalue weighted by Crippen LogP contribution is -2.19. The zero-order valence-corrected chi connectivity index (χ0v) is 14.7. The Morgan fingerprint density at radius 1 is 1.41 bits per heavy atom. The van der Waals surface area contributed by atoms with Gasteiger partial charge in [0.25, 0.3) is 0 Å². The van der Waals surface area contributed by atoms with Crippen LogP contribution in [0.3, 0.4) is 0 Å². The summed E-state index contributed by atoms with van der Waals surface area (Å²) in [5.74, 6) is -0.0335. The highest BCUT2D eigenvalue weighted by atomic mass is 35.5. The summed E-state index contributed by atoms with van der Waals surface area (Å²) in [7, 11) is 0. The Morgan fingerprint density at radius 2 is 2.14 bits per heavy atom. The first-order valence-corrected chi connectivity index (χ1v) is 7.92. The zero-order valence-electron chi connectivity index (χ0n) is 13.1. The Labute approximate surface area is 141 Å². The molecule has 2 aromatic rings. The predicted molar refractivity (Wildman–Crippen MR) is 95.8 cm³/mol. The van der Waals surface area contributed by atoms with Crippen LogP contribution in [0.5, 0.6) is 0 Å². The van der Waals surface area contributed by atoms with Crippen LogP contribution in [0.4, 0.5) is 5.13 Å². The fourth-order valence-electron chi connectivity index (χ4n) is 2.10. The van der Waals surface area contributed by atoms with E-state index >= 15 is 0 Å². The second-order valence-corrected chi connectivity index (χ2v) is 6.28. The number of benzene rings is 1. The average Bonchev–Trinajstić information content (AvgIpc) is 2.84. The molecule has 1 heterocycles. The van der Waals surface area contributed by atoms with E-state index in [9.17, 15) is 4.79 Å². The minimum atomic E-state index is -0.0335. The summed E-state index contributed by atoms with van der Waals surface area (Å²) >= 11 is 1.45. The maximum atomic E-state index is 11.8. The van der Waals surface area contributed by atoms with Crippen LogP contribution in [0.15, 0.2) is 23.6 Å². The first-order chi connectivity index (χ1) is 9.95. The van der Waals surface area contributed by atoms with E-state index in [1.54, 1.807) is 0 Å². The molecule has 1 amide bonds. The number of nitrogens with one attached hydrogen (secondary N) is 1. The van der Waals surface area contributed by atoms with Crippen LogP contribution < -0.4 is 11.1 Å². The standard InChI is InChI=1S/C16H21N3OS.ClH/c1-10-4-6-13(11(2)8-10)14-9-21-16(18-14)19-15(20)7-5-12(3)17;/h4,6,8-9,12H,5,7,17H2,1-3H3,(H,18,19,20);1H. The minimum Gasteiger partial charge on any atom is -0.328 e. The molecule has 0 saturated heterocycles. The van der Waals surface area contributed by atoms with Gasteiger partial charge in [0.2, 0.25) is 5.91 Å². The molecule has 0 spiro atoms. The molecule has 0 bridgehead atoms. The molecule has 0 aliphatic heterocycles. The van der Waals surface area contributed by atoms with Crippen LogP contribution in [0.25, 0.3) is 11.3 Å². The summed E-state index contributed by atoms with van der Waals surface area (Å²) in [4.78, 5) is 16.3. The molecule has 2 rings (SSSR count). The highest BCUT2D eigenvalue weighted by molar-refractivity contribution is 7.14. The molecule has 1 aromatic heterocycles. The molecule has 0 radical (unpaired) electrons. The number of carbonyl (C=O) groups excluding carboxylic acids is 1. The van der Waals surface area contributed by atoms with E-state index in [2.05, 4.69) is 42.3 Å². The fourth-order valence-corrected chi connectivity index (χ4v) is 2.82. The zero-order chi connectivity index (χ0) is 15.4. The lowest BCUT2D eigenvalue weighted by Gasteiger charge is -2.05. The Morgan fingerprint density at radius 3 is 2.77 bits per heavy atom. The van der Waals surface area contributed by atoms with E-state index in [0.717, 1.165) is 11.3 Å². The lowest BCUT2D eigenvalue weighted by molar-refractivity contribution is -0.116. The molecular weight excluding hydrogens is 318 g/mol. The second-order valence-electron chi connectivity index (χ2n) is 5.42. The molecule has 1 aromatic carbocycles. The summed E-state index contributed by atoms with van der Waals surface area (Å²) in [5.41, 5.74) is 10.1. The van der Waals surface area contributed by atoms with Crippen LogP contribution in [-0.2, 0) is 4.79 Å². The van der Waals surface area contributed by atoms with Crippen molar-refractivity contribution in [3.63, 3.8) is 0 Å². The number of hydrogen-bond acceptors (Lipinski definition) is 4. The van der Waals surface area contributed by atoms with E-state index < -0.39 is 0 Å². The quantitative estimate of drug-likeness (QED) is 0.867. The smallest absolute Gasteiger partial charge is 0.226 e. The monoisotopic (exact) mass is 339 g/mol. The molecule has 0 aliphatic rings. The Kier molecular flexibility index (Phi) is 7.00. The van der Waals surface area contributed by atoms with Crippen molar-refractivity contribution in [1.29, 1.82) is 0 Å². The number of rotatable bonds is 5. The third-order valence-corrected chi connectivity index (χ3v) is 3.99. The van der Waals surface area contributed by atoms with Crippen molar-refractivity contribution in [3.8, 4) is 11.3 Å². The van der Waals surface area contributed by atoms with Crippen LogP contribution in [0, 0.1) is 13.8 Å². The number of amides is 1.